The summed E-state index contributed by atoms with van der Waals surface area (Å²) < 4.78 is 11.3. The lowest BCUT2D eigenvalue weighted by atomic mass is 10.0. The number of aryl methyl sites for hydroxylation is 1. The van der Waals surface area contributed by atoms with E-state index in [2.05, 4.69) is 16.3 Å². The van der Waals surface area contributed by atoms with E-state index >= 15 is 0 Å². The third-order valence-corrected chi connectivity index (χ3v) is 4.90. The van der Waals surface area contributed by atoms with Crippen molar-refractivity contribution < 1.29 is 14.3 Å². The summed E-state index contributed by atoms with van der Waals surface area (Å²) in [5.74, 6) is 1.49. The summed E-state index contributed by atoms with van der Waals surface area (Å²) in [7, 11) is 1.69. The maximum absolute atomic E-state index is 12.6. The van der Waals surface area contributed by atoms with Crippen LogP contribution >= 0.6 is 0 Å². The van der Waals surface area contributed by atoms with Crippen LogP contribution in [0.25, 0.3) is 0 Å². The van der Waals surface area contributed by atoms with E-state index in [1.807, 2.05) is 49.4 Å². The highest BCUT2D eigenvalue weighted by Crippen LogP contribution is 2.29. The van der Waals surface area contributed by atoms with Gasteiger partial charge in [0.15, 0.2) is 6.10 Å². The number of nitrogens with zero attached hydrogens (tertiary/aromatic N) is 1. The summed E-state index contributed by atoms with van der Waals surface area (Å²) in [6.45, 7) is 5.54. The molecule has 1 N–H and O–H groups in total. The number of para-hydroxylation sites is 2. The summed E-state index contributed by atoms with van der Waals surface area (Å²) in [6.07, 6.45) is 1.46. The van der Waals surface area contributed by atoms with E-state index in [-0.39, 0.29) is 11.9 Å². The molecule has 1 aliphatic heterocycles. The molecule has 1 fully saturated rings. The zero-order valence-electron chi connectivity index (χ0n) is 16.3. The lowest BCUT2D eigenvalue weighted by Crippen LogP contribution is -2.50. The van der Waals surface area contributed by atoms with E-state index in [4.69, 9.17) is 9.47 Å². The first-order valence-corrected chi connectivity index (χ1v) is 9.48. The average Bonchev–Trinajstić information content (AvgIpc) is 2.69. The molecule has 3 rings (SSSR count). The lowest BCUT2D eigenvalue weighted by Gasteiger charge is -2.35. The van der Waals surface area contributed by atoms with Crippen molar-refractivity contribution in [2.45, 2.75) is 38.8 Å². The molecule has 2 aromatic rings. The molecule has 0 saturated carbocycles. The smallest absolute Gasteiger partial charge is 0.261 e. The van der Waals surface area contributed by atoms with Crippen LogP contribution < -0.4 is 19.7 Å². The predicted molar refractivity (Wildman–Crippen MR) is 108 cm³/mol. The van der Waals surface area contributed by atoms with Crippen LogP contribution in [-0.2, 0) is 4.79 Å². The van der Waals surface area contributed by atoms with Gasteiger partial charge in [0.1, 0.15) is 11.5 Å². The third kappa shape index (κ3) is 4.94. The van der Waals surface area contributed by atoms with Gasteiger partial charge in [-0.1, -0.05) is 29.8 Å². The number of rotatable bonds is 6. The van der Waals surface area contributed by atoms with Crippen LogP contribution in [0.1, 0.15) is 25.3 Å². The van der Waals surface area contributed by atoms with Gasteiger partial charge in [-0.05, 0) is 51.0 Å². The fourth-order valence-electron chi connectivity index (χ4n) is 3.40. The summed E-state index contributed by atoms with van der Waals surface area (Å²) in [4.78, 5) is 14.8. The minimum Gasteiger partial charge on any atom is -0.495 e. The molecule has 0 radical (unpaired) electrons. The van der Waals surface area contributed by atoms with Gasteiger partial charge >= 0.3 is 0 Å². The molecule has 1 saturated heterocycles. The number of hydrogen-bond acceptors (Lipinski definition) is 4. The topological polar surface area (TPSA) is 50.8 Å². The van der Waals surface area contributed by atoms with Crippen LogP contribution in [0.2, 0.25) is 0 Å². The largest absolute Gasteiger partial charge is 0.495 e. The minimum atomic E-state index is -0.533. The molecule has 1 heterocycles. The van der Waals surface area contributed by atoms with Gasteiger partial charge in [0.25, 0.3) is 5.91 Å². The summed E-state index contributed by atoms with van der Waals surface area (Å²) in [5.41, 5.74) is 2.24. The van der Waals surface area contributed by atoms with Crippen molar-refractivity contribution in [2.75, 3.05) is 25.1 Å². The Balaban J connectivity index is 1.58. The standard InChI is InChI=1S/C22H28N2O3/c1-16-10-12-19(13-11-16)27-17(2)22(25)23-18-7-6-14-24(15-18)20-8-4-5-9-21(20)26-3/h4-5,8-13,17-18H,6-7,14-15H2,1-3H3,(H,23,25). The Kier molecular flexibility index (Phi) is 6.22. The fourth-order valence-corrected chi connectivity index (χ4v) is 3.40. The van der Waals surface area contributed by atoms with E-state index in [9.17, 15) is 4.79 Å². The van der Waals surface area contributed by atoms with Crippen molar-refractivity contribution >= 4 is 11.6 Å². The highest BCUT2D eigenvalue weighted by atomic mass is 16.5. The molecule has 144 valence electrons. The average molecular weight is 368 g/mol. The van der Waals surface area contributed by atoms with E-state index in [1.165, 1.54) is 0 Å². The molecule has 0 aliphatic carbocycles. The first-order valence-electron chi connectivity index (χ1n) is 9.48. The van der Waals surface area contributed by atoms with Crippen LogP contribution in [0.5, 0.6) is 11.5 Å². The molecular formula is C22H28N2O3. The molecule has 5 nitrogen and oxygen atoms in total. The number of hydrogen-bond donors (Lipinski definition) is 1. The number of amides is 1. The highest BCUT2D eigenvalue weighted by molar-refractivity contribution is 5.81. The van der Waals surface area contributed by atoms with Crippen molar-refractivity contribution in [3.63, 3.8) is 0 Å². The second kappa shape index (κ2) is 8.80. The number of ether oxygens (including phenoxy) is 2. The number of benzene rings is 2. The fraction of sp³-hybridized carbons (Fsp3) is 0.409. The molecular weight excluding hydrogens is 340 g/mol. The van der Waals surface area contributed by atoms with Gasteiger partial charge in [0, 0.05) is 19.1 Å². The molecule has 0 aromatic heterocycles. The summed E-state index contributed by atoms with van der Waals surface area (Å²) in [5, 5.41) is 3.14. The van der Waals surface area contributed by atoms with Gasteiger partial charge in [-0.25, -0.2) is 0 Å². The van der Waals surface area contributed by atoms with E-state index in [0.29, 0.717) is 5.75 Å². The van der Waals surface area contributed by atoms with Gasteiger partial charge in [-0.15, -0.1) is 0 Å². The number of nitrogens with one attached hydrogen (secondary N) is 1. The van der Waals surface area contributed by atoms with Crippen LogP contribution in [0.3, 0.4) is 0 Å². The van der Waals surface area contributed by atoms with Crippen molar-refractivity contribution in [1.82, 2.24) is 5.32 Å². The van der Waals surface area contributed by atoms with Crippen molar-refractivity contribution in [3.8, 4) is 11.5 Å². The van der Waals surface area contributed by atoms with E-state index < -0.39 is 6.10 Å². The molecule has 1 aliphatic rings. The molecule has 27 heavy (non-hydrogen) atoms. The third-order valence-electron chi connectivity index (χ3n) is 4.90. The van der Waals surface area contributed by atoms with Crippen LogP contribution in [0.15, 0.2) is 48.5 Å². The van der Waals surface area contributed by atoms with Crippen LogP contribution in [0, 0.1) is 6.92 Å². The van der Waals surface area contributed by atoms with Gasteiger partial charge < -0.3 is 19.7 Å². The van der Waals surface area contributed by atoms with Gasteiger partial charge in [0.05, 0.1) is 12.8 Å². The summed E-state index contributed by atoms with van der Waals surface area (Å²) >= 11 is 0. The molecule has 2 atom stereocenters. The van der Waals surface area contributed by atoms with E-state index in [1.54, 1.807) is 14.0 Å². The summed E-state index contributed by atoms with van der Waals surface area (Å²) in [6, 6.07) is 15.8. The highest BCUT2D eigenvalue weighted by Gasteiger charge is 2.25. The molecule has 2 unspecified atom stereocenters. The Morgan fingerprint density at radius 3 is 2.67 bits per heavy atom. The van der Waals surface area contributed by atoms with Crippen molar-refractivity contribution in [3.05, 3.63) is 54.1 Å². The van der Waals surface area contributed by atoms with Gasteiger partial charge in [-0.2, -0.15) is 0 Å². The number of piperidine rings is 1. The zero-order valence-corrected chi connectivity index (χ0v) is 16.3. The first-order chi connectivity index (χ1) is 13.1. The van der Waals surface area contributed by atoms with Gasteiger partial charge in [-0.3, -0.25) is 4.79 Å². The molecule has 0 bridgehead atoms. The van der Waals surface area contributed by atoms with Crippen molar-refractivity contribution in [2.24, 2.45) is 0 Å². The van der Waals surface area contributed by atoms with Crippen LogP contribution in [0.4, 0.5) is 5.69 Å². The zero-order chi connectivity index (χ0) is 19.2. The molecule has 1 amide bonds. The van der Waals surface area contributed by atoms with Crippen molar-refractivity contribution in [1.29, 1.82) is 0 Å². The Morgan fingerprint density at radius 1 is 1.19 bits per heavy atom. The predicted octanol–water partition coefficient (Wildman–Crippen LogP) is 3.56. The Hall–Kier alpha value is -2.69. The number of methoxy groups -OCH3 is 1. The normalized spacial score (nSPS) is 17.9. The number of carbonyl (C=O) groups excluding carboxylic acids is 1. The Morgan fingerprint density at radius 2 is 1.93 bits per heavy atom. The van der Waals surface area contributed by atoms with Gasteiger partial charge in [0.2, 0.25) is 0 Å². The Labute approximate surface area is 161 Å². The van der Waals surface area contributed by atoms with E-state index in [0.717, 1.165) is 42.9 Å². The van der Waals surface area contributed by atoms with Crippen LogP contribution in [-0.4, -0.2) is 38.3 Å². The lowest BCUT2D eigenvalue weighted by molar-refractivity contribution is -0.128. The quantitative estimate of drug-likeness (QED) is 0.847. The second-order valence-corrected chi connectivity index (χ2v) is 7.04. The maximum Gasteiger partial charge on any atom is 0.261 e. The number of anilines is 1. The SMILES string of the molecule is COc1ccccc1N1CCCC(NC(=O)C(C)Oc2ccc(C)cc2)C1. The maximum atomic E-state index is 12.6. The molecule has 0 spiro atoms. The number of carbonyl (C=O) groups is 1. The first kappa shape index (κ1) is 19.1. The minimum absolute atomic E-state index is 0.0811. The molecule has 5 heteroatoms. The Bertz CT molecular complexity index is 760. The second-order valence-electron chi connectivity index (χ2n) is 7.04. The monoisotopic (exact) mass is 368 g/mol. The molecule has 2 aromatic carbocycles.